The fourth-order valence-electron chi connectivity index (χ4n) is 2.16. The predicted molar refractivity (Wildman–Crippen MR) is 82.2 cm³/mol. The molecule has 0 spiro atoms. The number of carbonyl (C=O) groups is 1. The minimum absolute atomic E-state index is 0.209. The molecule has 116 valence electrons. The molecule has 2 rings (SSSR count). The molecule has 0 aromatic heterocycles. The number of ether oxygens (including phenoxy) is 2. The summed E-state index contributed by atoms with van der Waals surface area (Å²) in [5, 5.41) is 5.64. The number of nitrogens with one attached hydrogen (secondary N) is 2. The van der Waals surface area contributed by atoms with E-state index in [0.29, 0.717) is 36.9 Å². The number of benzene rings is 1. The predicted octanol–water partition coefficient (Wildman–Crippen LogP) is 1.92. The molecule has 1 aromatic carbocycles. The summed E-state index contributed by atoms with van der Waals surface area (Å²) in [6.45, 7) is 8.76. The van der Waals surface area contributed by atoms with Crippen molar-refractivity contribution in [3.63, 3.8) is 0 Å². The molecule has 2 N–H and O–H groups in total. The Morgan fingerprint density at radius 1 is 1.19 bits per heavy atom. The van der Waals surface area contributed by atoms with Crippen LogP contribution in [0, 0.1) is 0 Å². The van der Waals surface area contributed by atoms with Gasteiger partial charge in [0.05, 0.1) is 0 Å². The molecule has 0 saturated carbocycles. The Balaban J connectivity index is 1.80. The second kappa shape index (κ2) is 7.73. The molecule has 0 atom stereocenters. The summed E-state index contributed by atoms with van der Waals surface area (Å²) in [5.41, 5.74) is 0.694. The normalized spacial score (nSPS) is 13.1. The van der Waals surface area contributed by atoms with Gasteiger partial charge in [-0.3, -0.25) is 0 Å². The summed E-state index contributed by atoms with van der Waals surface area (Å²) in [5.74, 6) is 1.39. The molecule has 0 radical (unpaired) electrons. The highest BCUT2D eigenvalue weighted by Gasteiger charge is 2.12. The number of hydrogen-bond donors (Lipinski definition) is 2. The van der Waals surface area contributed by atoms with Crippen LogP contribution in [0.15, 0.2) is 18.2 Å². The van der Waals surface area contributed by atoms with E-state index < -0.39 is 0 Å². The van der Waals surface area contributed by atoms with Gasteiger partial charge in [-0.05, 0) is 25.2 Å². The molecule has 1 aliphatic rings. The highest BCUT2D eigenvalue weighted by atomic mass is 16.6. The van der Waals surface area contributed by atoms with Crippen molar-refractivity contribution in [1.82, 2.24) is 10.2 Å². The number of carbonyl (C=O) groups excluding carboxylic acids is 1. The van der Waals surface area contributed by atoms with Crippen LogP contribution in [-0.2, 0) is 0 Å². The Labute approximate surface area is 125 Å². The highest BCUT2D eigenvalue weighted by molar-refractivity contribution is 5.89. The van der Waals surface area contributed by atoms with Gasteiger partial charge in [-0.2, -0.15) is 0 Å². The van der Waals surface area contributed by atoms with E-state index in [9.17, 15) is 4.79 Å². The van der Waals surface area contributed by atoms with Gasteiger partial charge < -0.3 is 25.0 Å². The summed E-state index contributed by atoms with van der Waals surface area (Å²) in [4.78, 5) is 14.1. The molecule has 1 aliphatic heterocycles. The lowest BCUT2D eigenvalue weighted by molar-refractivity contribution is 0.171. The van der Waals surface area contributed by atoms with Crippen molar-refractivity contribution in [3.05, 3.63) is 18.2 Å². The number of nitrogens with zero attached hydrogens (tertiary/aromatic N) is 1. The number of fused-ring (bicyclic) bond motifs is 1. The zero-order valence-corrected chi connectivity index (χ0v) is 12.6. The molecular formula is C15H23N3O3. The Kier molecular flexibility index (Phi) is 5.68. The second-order valence-corrected chi connectivity index (χ2v) is 4.77. The van der Waals surface area contributed by atoms with Gasteiger partial charge in [0, 0.05) is 24.8 Å². The van der Waals surface area contributed by atoms with Crippen LogP contribution in [-0.4, -0.2) is 50.3 Å². The highest BCUT2D eigenvalue weighted by Crippen LogP contribution is 2.32. The lowest BCUT2D eigenvalue weighted by atomic mass is 10.2. The monoisotopic (exact) mass is 293 g/mol. The maximum atomic E-state index is 11.8. The minimum Gasteiger partial charge on any atom is -0.486 e. The third kappa shape index (κ3) is 4.53. The first kappa shape index (κ1) is 15.4. The number of urea groups is 1. The standard InChI is InChI=1S/C15H23N3O3/c1-3-18(4-2)8-7-16-15(19)17-12-5-6-13-14(11-12)21-10-9-20-13/h5-6,11H,3-4,7-10H2,1-2H3,(H2,16,17,19). The minimum atomic E-state index is -0.209. The first-order valence-electron chi connectivity index (χ1n) is 7.39. The molecule has 0 saturated heterocycles. The lowest BCUT2D eigenvalue weighted by Gasteiger charge is -2.19. The van der Waals surface area contributed by atoms with Crippen molar-refractivity contribution in [1.29, 1.82) is 0 Å². The van der Waals surface area contributed by atoms with Crippen molar-refractivity contribution in [2.24, 2.45) is 0 Å². The van der Waals surface area contributed by atoms with E-state index in [-0.39, 0.29) is 6.03 Å². The summed E-state index contributed by atoms with van der Waals surface area (Å²) in [7, 11) is 0. The van der Waals surface area contributed by atoms with Gasteiger partial charge in [0.1, 0.15) is 13.2 Å². The van der Waals surface area contributed by atoms with Crippen molar-refractivity contribution < 1.29 is 14.3 Å². The third-order valence-corrected chi connectivity index (χ3v) is 3.41. The molecule has 1 aromatic rings. The van der Waals surface area contributed by atoms with Crippen LogP contribution >= 0.6 is 0 Å². The van der Waals surface area contributed by atoms with E-state index in [1.165, 1.54) is 0 Å². The largest absolute Gasteiger partial charge is 0.486 e. The fraction of sp³-hybridized carbons (Fsp3) is 0.533. The Morgan fingerprint density at radius 3 is 2.62 bits per heavy atom. The molecule has 0 bridgehead atoms. The fourth-order valence-corrected chi connectivity index (χ4v) is 2.16. The number of amides is 2. The average Bonchev–Trinajstić information content (AvgIpc) is 2.51. The van der Waals surface area contributed by atoms with Gasteiger partial charge in [-0.15, -0.1) is 0 Å². The van der Waals surface area contributed by atoms with Crippen molar-refractivity contribution in [3.8, 4) is 11.5 Å². The van der Waals surface area contributed by atoms with Crippen LogP contribution in [0.5, 0.6) is 11.5 Å². The van der Waals surface area contributed by atoms with E-state index in [1.54, 1.807) is 18.2 Å². The Bertz CT molecular complexity index is 475. The van der Waals surface area contributed by atoms with Gasteiger partial charge in [0.25, 0.3) is 0 Å². The zero-order valence-electron chi connectivity index (χ0n) is 12.6. The quantitative estimate of drug-likeness (QED) is 0.841. The van der Waals surface area contributed by atoms with Crippen molar-refractivity contribution in [2.45, 2.75) is 13.8 Å². The molecule has 6 heteroatoms. The molecule has 1 heterocycles. The van der Waals surface area contributed by atoms with Gasteiger partial charge in [-0.25, -0.2) is 4.79 Å². The smallest absolute Gasteiger partial charge is 0.319 e. The maximum Gasteiger partial charge on any atom is 0.319 e. The van der Waals surface area contributed by atoms with E-state index in [4.69, 9.17) is 9.47 Å². The Hall–Kier alpha value is -1.95. The van der Waals surface area contributed by atoms with Crippen molar-refractivity contribution in [2.75, 3.05) is 44.7 Å². The van der Waals surface area contributed by atoms with Crippen LogP contribution in [0.2, 0.25) is 0 Å². The number of hydrogen-bond acceptors (Lipinski definition) is 4. The van der Waals surface area contributed by atoms with Crippen LogP contribution in [0.25, 0.3) is 0 Å². The third-order valence-electron chi connectivity index (χ3n) is 3.41. The number of likely N-dealkylation sites (N-methyl/N-ethyl adjacent to an activating group) is 1. The molecule has 0 aliphatic carbocycles. The van der Waals surface area contributed by atoms with Crippen LogP contribution in [0.1, 0.15) is 13.8 Å². The van der Waals surface area contributed by atoms with Crippen molar-refractivity contribution >= 4 is 11.7 Å². The topological polar surface area (TPSA) is 62.8 Å². The molecule has 21 heavy (non-hydrogen) atoms. The summed E-state index contributed by atoms with van der Waals surface area (Å²) in [6.07, 6.45) is 0. The van der Waals surface area contributed by atoms with Gasteiger partial charge >= 0.3 is 6.03 Å². The summed E-state index contributed by atoms with van der Waals surface area (Å²) in [6, 6.07) is 5.18. The Morgan fingerprint density at radius 2 is 1.90 bits per heavy atom. The zero-order chi connectivity index (χ0) is 15.1. The van der Waals surface area contributed by atoms with E-state index in [1.807, 2.05) is 0 Å². The SMILES string of the molecule is CCN(CC)CCNC(=O)Nc1ccc2c(c1)OCCO2. The summed E-state index contributed by atoms with van der Waals surface area (Å²) < 4.78 is 10.9. The van der Waals surface area contributed by atoms with Crippen LogP contribution in [0.4, 0.5) is 10.5 Å². The van der Waals surface area contributed by atoms with Gasteiger partial charge in [0.15, 0.2) is 11.5 Å². The van der Waals surface area contributed by atoms with E-state index in [2.05, 4.69) is 29.4 Å². The van der Waals surface area contributed by atoms with Gasteiger partial charge in [-0.1, -0.05) is 13.8 Å². The van der Waals surface area contributed by atoms with Crippen LogP contribution < -0.4 is 20.1 Å². The molecule has 0 fully saturated rings. The van der Waals surface area contributed by atoms with E-state index >= 15 is 0 Å². The number of anilines is 1. The van der Waals surface area contributed by atoms with Gasteiger partial charge in [0.2, 0.25) is 0 Å². The molecular weight excluding hydrogens is 270 g/mol. The summed E-state index contributed by atoms with van der Waals surface area (Å²) >= 11 is 0. The van der Waals surface area contributed by atoms with Crippen LogP contribution in [0.3, 0.4) is 0 Å². The van der Waals surface area contributed by atoms with E-state index in [0.717, 1.165) is 19.6 Å². The molecule has 2 amide bonds. The molecule has 0 unspecified atom stereocenters. The first-order chi connectivity index (χ1) is 10.2. The average molecular weight is 293 g/mol. The molecule has 6 nitrogen and oxygen atoms in total. The maximum absolute atomic E-state index is 11.8. The second-order valence-electron chi connectivity index (χ2n) is 4.77. The lowest BCUT2D eigenvalue weighted by Crippen LogP contribution is -2.36. The number of rotatable bonds is 6. The first-order valence-corrected chi connectivity index (χ1v) is 7.39.